The second-order valence-electron chi connectivity index (χ2n) is 3.36. The molecule has 2 N–H and O–H groups in total. The van der Waals surface area contributed by atoms with Gasteiger partial charge in [0.15, 0.2) is 17.3 Å². The number of halogens is 1. The molecular formula is C11H14ClNO3. The van der Waals surface area contributed by atoms with Gasteiger partial charge < -0.3 is 15.2 Å². The number of nitrogens with one attached hydrogen (secondary N) is 1. The molecule has 1 aromatic carbocycles. The minimum Gasteiger partial charge on any atom is -0.504 e. The first-order valence-electron chi connectivity index (χ1n) is 4.76. The maximum atomic E-state index is 11.8. The van der Waals surface area contributed by atoms with Crippen molar-refractivity contribution in [1.29, 1.82) is 0 Å². The number of hydrogen-bond acceptors (Lipinski definition) is 4. The van der Waals surface area contributed by atoms with E-state index in [1.807, 2.05) is 0 Å². The molecule has 4 nitrogen and oxygen atoms in total. The van der Waals surface area contributed by atoms with Crippen LogP contribution in [0.1, 0.15) is 15.9 Å². The molecule has 0 spiro atoms. The lowest BCUT2D eigenvalue weighted by Gasteiger charge is -2.13. The number of phenols is 1. The number of benzene rings is 1. The van der Waals surface area contributed by atoms with Gasteiger partial charge in [-0.3, -0.25) is 4.79 Å². The number of phenolic OH excluding ortho intramolecular Hbond substituents is 1. The summed E-state index contributed by atoms with van der Waals surface area (Å²) in [6.07, 6.45) is 0. The molecule has 0 saturated heterocycles. The third kappa shape index (κ3) is 2.28. The predicted molar refractivity (Wildman–Crippen MR) is 62.7 cm³/mol. The van der Waals surface area contributed by atoms with E-state index in [0.29, 0.717) is 16.1 Å². The second-order valence-corrected chi connectivity index (χ2v) is 3.77. The molecule has 0 fully saturated rings. The topological polar surface area (TPSA) is 58.6 Å². The Morgan fingerprint density at radius 2 is 2.25 bits per heavy atom. The first-order chi connectivity index (χ1) is 7.52. The molecule has 0 aliphatic carbocycles. The zero-order valence-electron chi connectivity index (χ0n) is 9.43. The normalized spacial score (nSPS) is 10.2. The molecule has 0 aliphatic rings. The van der Waals surface area contributed by atoms with Crippen LogP contribution >= 0.6 is 11.6 Å². The van der Waals surface area contributed by atoms with E-state index >= 15 is 0 Å². The maximum absolute atomic E-state index is 11.8. The van der Waals surface area contributed by atoms with Crippen LogP contribution < -0.4 is 10.1 Å². The van der Waals surface area contributed by atoms with Crippen molar-refractivity contribution < 1.29 is 14.6 Å². The smallest absolute Gasteiger partial charge is 0.180 e. The van der Waals surface area contributed by atoms with Gasteiger partial charge in [-0.05, 0) is 19.5 Å². The van der Waals surface area contributed by atoms with Crippen molar-refractivity contribution in [3.05, 3.63) is 22.2 Å². The molecule has 0 heterocycles. The summed E-state index contributed by atoms with van der Waals surface area (Å²) in [5, 5.41) is 12.7. The fourth-order valence-corrected chi connectivity index (χ4v) is 1.70. The molecule has 88 valence electrons. The van der Waals surface area contributed by atoms with Crippen LogP contribution in [0.25, 0.3) is 0 Å². The number of aromatic hydroxyl groups is 1. The van der Waals surface area contributed by atoms with Crippen molar-refractivity contribution in [1.82, 2.24) is 5.32 Å². The first kappa shape index (κ1) is 12.8. The summed E-state index contributed by atoms with van der Waals surface area (Å²) in [5.74, 6) is -0.130. The Labute approximate surface area is 99.2 Å². The van der Waals surface area contributed by atoms with Crippen LogP contribution in [0, 0.1) is 6.92 Å². The van der Waals surface area contributed by atoms with E-state index in [1.165, 1.54) is 13.2 Å². The predicted octanol–water partition coefficient (Wildman–Crippen LogP) is 1.76. The molecule has 0 unspecified atom stereocenters. The minimum absolute atomic E-state index is 0.127. The summed E-state index contributed by atoms with van der Waals surface area (Å²) in [6, 6.07) is 1.37. The monoisotopic (exact) mass is 243 g/mol. The Balaban J connectivity index is 3.38. The number of carbonyl (C=O) groups excluding carboxylic acids is 1. The molecule has 0 aliphatic heterocycles. The van der Waals surface area contributed by atoms with Gasteiger partial charge in [0.1, 0.15) is 0 Å². The maximum Gasteiger partial charge on any atom is 0.180 e. The lowest BCUT2D eigenvalue weighted by atomic mass is 10.0. The third-order valence-electron chi connectivity index (χ3n) is 2.28. The van der Waals surface area contributed by atoms with Gasteiger partial charge in [-0.15, -0.1) is 0 Å². The summed E-state index contributed by atoms with van der Waals surface area (Å²) >= 11 is 5.90. The van der Waals surface area contributed by atoms with E-state index in [0.717, 1.165) is 0 Å². The fraction of sp³-hybridized carbons (Fsp3) is 0.364. The molecule has 0 atom stereocenters. The van der Waals surface area contributed by atoms with E-state index in [4.69, 9.17) is 16.3 Å². The Morgan fingerprint density at radius 3 is 2.75 bits per heavy atom. The second kappa shape index (κ2) is 5.18. The van der Waals surface area contributed by atoms with Crippen LogP contribution in [-0.2, 0) is 0 Å². The van der Waals surface area contributed by atoms with Crippen molar-refractivity contribution in [2.75, 3.05) is 20.7 Å². The van der Waals surface area contributed by atoms with Crippen molar-refractivity contribution in [3.63, 3.8) is 0 Å². The SMILES string of the molecule is CNCC(=O)c1c(C)c(Cl)cc(O)c1OC. The molecule has 1 aromatic rings. The van der Waals surface area contributed by atoms with Crippen LogP contribution in [0.15, 0.2) is 6.07 Å². The Morgan fingerprint density at radius 1 is 1.62 bits per heavy atom. The standard InChI is InChI=1S/C11H14ClNO3/c1-6-7(12)4-8(14)11(16-3)10(6)9(15)5-13-2/h4,13-14H,5H2,1-3H3. The van der Waals surface area contributed by atoms with Gasteiger partial charge in [0.25, 0.3) is 0 Å². The Bertz CT molecular complexity index is 418. The number of carbonyl (C=O) groups is 1. The van der Waals surface area contributed by atoms with Gasteiger partial charge in [-0.25, -0.2) is 0 Å². The van der Waals surface area contributed by atoms with Crippen molar-refractivity contribution in [2.24, 2.45) is 0 Å². The zero-order chi connectivity index (χ0) is 12.3. The average Bonchev–Trinajstić information content (AvgIpc) is 2.23. The fourth-order valence-electron chi connectivity index (χ4n) is 1.50. The van der Waals surface area contributed by atoms with Crippen molar-refractivity contribution in [3.8, 4) is 11.5 Å². The Hall–Kier alpha value is -1.26. The highest BCUT2D eigenvalue weighted by Gasteiger charge is 2.20. The molecule has 0 radical (unpaired) electrons. The summed E-state index contributed by atoms with van der Waals surface area (Å²) < 4.78 is 5.02. The average molecular weight is 244 g/mol. The van der Waals surface area contributed by atoms with Crippen LogP contribution in [0.5, 0.6) is 11.5 Å². The van der Waals surface area contributed by atoms with Gasteiger partial charge in [-0.1, -0.05) is 11.6 Å². The number of hydrogen-bond donors (Lipinski definition) is 2. The summed E-state index contributed by atoms with van der Waals surface area (Å²) in [6.45, 7) is 1.88. The van der Waals surface area contributed by atoms with E-state index in [9.17, 15) is 9.90 Å². The van der Waals surface area contributed by atoms with Gasteiger partial charge in [-0.2, -0.15) is 0 Å². The highest BCUT2D eigenvalue weighted by Crippen LogP contribution is 2.37. The van der Waals surface area contributed by atoms with Gasteiger partial charge in [0.05, 0.1) is 19.2 Å². The number of Topliss-reactive ketones (excluding diaryl/α,β-unsaturated/α-hetero) is 1. The molecule has 0 aromatic heterocycles. The number of rotatable bonds is 4. The van der Waals surface area contributed by atoms with E-state index in [2.05, 4.69) is 5.32 Å². The van der Waals surface area contributed by atoms with Gasteiger partial charge in [0.2, 0.25) is 0 Å². The number of ketones is 1. The van der Waals surface area contributed by atoms with Crippen LogP contribution in [-0.4, -0.2) is 31.6 Å². The highest BCUT2D eigenvalue weighted by atomic mass is 35.5. The summed E-state index contributed by atoms with van der Waals surface area (Å²) in [4.78, 5) is 11.8. The van der Waals surface area contributed by atoms with E-state index in [1.54, 1.807) is 14.0 Å². The molecule has 0 amide bonds. The highest BCUT2D eigenvalue weighted by molar-refractivity contribution is 6.32. The zero-order valence-corrected chi connectivity index (χ0v) is 10.2. The number of methoxy groups -OCH3 is 1. The largest absolute Gasteiger partial charge is 0.504 e. The summed E-state index contributed by atoms with van der Waals surface area (Å²) in [5.41, 5.74) is 0.929. The quantitative estimate of drug-likeness (QED) is 0.792. The first-order valence-corrected chi connectivity index (χ1v) is 5.14. The van der Waals surface area contributed by atoms with Crippen molar-refractivity contribution >= 4 is 17.4 Å². The lowest BCUT2D eigenvalue weighted by Crippen LogP contribution is -2.20. The molecule has 5 heteroatoms. The number of ether oxygens (including phenoxy) is 1. The molecule has 0 saturated carbocycles. The van der Waals surface area contributed by atoms with E-state index in [-0.39, 0.29) is 23.8 Å². The van der Waals surface area contributed by atoms with E-state index < -0.39 is 0 Å². The minimum atomic E-state index is -0.172. The van der Waals surface area contributed by atoms with Gasteiger partial charge in [0, 0.05) is 11.1 Å². The molecule has 0 bridgehead atoms. The van der Waals surface area contributed by atoms with Gasteiger partial charge >= 0.3 is 0 Å². The molecule has 1 rings (SSSR count). The molecule has 16 heavy (non-hydrogen) atoms. The summed E-state index contributed by atoms with van der Waals surface area (Å²) in [7, 11) is 3.07. The Kier molecular flexibility index (Phi) is 4.15. The van der Waals surface area contributed by atoms with Crippen molar-refractivity contribution in [2.45, 2.75) is 6.92 Å². The van der Waals surface area contributed by atoms with Crippen LogP contribution in [0.4, 0.5) is 0 Å². The van der Waals surface area contributed by atoms with Crippen LogP contribution in [0.2, 0.25) is 5.02 Å². The van der Waals surface area contributed by atoms with Crippen LogP contribution in [0.3, 0.4) is 0 Å². The lowest BCUT2D eigenvalue weighted by molar-refractivity contribution is 0.0989. The third-order valence-corrected chi connectivity index (χ3v) is 2.67. The number of likely N-dealkylation sites (N-methyl/N-ethyl adjacent to an activating group) is 1. The molecular weight excluding hydrogens is 230 g/mol.